The summed E-state index contributed by atoms with van der Waals surface area (Å²) >= 11 is 1.43. The lowest BCUT2D eigenvalue weighted by Gasteiger charge is -2.33. The van der Waals surface area contributed by atoms with Crippen LogP contribution >= 0.6 is 11.8 Å². The Morgan fingerprint density at radius 2 is 2.11 bits per heavy atom. The maximum atomic E-state index is 12.3. The van der Waals surface area contributed by atoms with Crippen LogP contribution in [0.25, 0.3) is 0 Å². The first kappa shape index (κ1) is 21.3. The van der Waals surface area contributed by atoms with Crippen molar-refractivity contribution in [1.29, 1.82) is 0 Å². The third-order valence-corrected chi connectivity index (χ3v) is 5.21. The summed E-state index contributed by atoms with van der Waals surface area (Å²) in [5, 5.41) is 20.7. The van der Waals surface area contributed by atoms with Crippen LogP contribution in [-0.2, 0) is 16.0 Å². The molecule has 6 heteroatoms. The fourth-order valence-electron chi connectivity index (χ4n) is 3.00. The Morgan fingerprint density at radius 3 is 2.85 bits per heavy atom. The van der Waals surface area contributed by atoms with E-state index in [1.165, 1.54) is 11.8 Å². The van der Waals surface area contributed by atoms with Crippen molar-refractivity contribution >= 4 is 23.6 Å². The second kappa shape index (κ2) is 11.6. The number of benzene rings is 1. The van der Waals surface area contributed by atoms with Gasteiger partial charge in [0.1, 0.15) is 0 Å². The quantitative estimate of drug-likeness (QED) is 0.474. The van der Waals surface area contributed by atoms with Gasteiger partial charge in [0.15, 0.2) is 0 Å². The van der Waals surface area contributed by atoms with Gasteiger partial charge in [0.2, 0.25) is 5.91 Å². The summed E-state index contributed by atoms with van der Waals surface area (Å²) in [4.78, 5) is 24.6. The molecule has 27 heavy (non-hydrogen) atoms. The minimum atomic E-state index is -0.804. The number of nitrogens with zero attached hydrogens (tertiary/aromatic N) is 1. The number of amides is 1. The number of carboxylic acids is 1. The van der Waals surface area contributed by atoms with Crippen LogP contribution in [0.15, 0.2) is 54.0 Å². The number of aliphatic carboxylic acids is 1. The van der Waals surface area contributed by atoms with Crippen LogP contribution in [-0.4, -0.2) is 51.4 Å². The van der Waals surface area contributed by atoms with E-state index in [4.69, 9.17) is 5.11 Å². The molecule has 1 aromatic rings. The largest absolute Gasteiger partial charge is 0.481 e. The van der Waals surface area contributed by atoms with Gasteiger partial charge in [-0.3, -0.25) is 9.59 Å². The van der Waals surface area contributed by atoms with E-state index in [2.05, 4.69) is 0 Å². The van der Waals surface area contributed by atoms with Crippen molar-refractivity contribution in [3.8, 4) is 0 Å². The van der Waals surface area contributed by atoms with Crippen LogP contribution in [0.5, 0.6) is 0 Å². The molecular weight excluding hydrogens is 362 g/mol. The number of carbonyl (C=O) groups excluding carboxylic acids is 1. The number of likely N-dealkylation sites (tertiary alicyclic amines) is 1. The van der Waals surface area contributed by atoms with E-state index in [9.17, 15) is 14.7 Å². The number of hydrogen-bond donors (Lipinski definition) is 2. The van der Waals surface area contributed by atoms with E-state index < -0.39 is 12.1 Å². The minimum Gasteiger partial charge on any atom is -0.481 e. The smallest absolute Gasteiger partial charge is 0.304 e. The van der Waals surface area contributed by atoms with Gasteiger partial charge in [-0.1, -0.05) is 48.6 Å². The summed E-state index contributed by atoms with van der Waals surface area (Å²) in [7, 11) is 0. The molecule has 0 aliphatic carbocycles. The van der Waals surface area contributed by atoms with E-state index >= 15 is 0 Å². The zero-order valence-corrected chi connectivity index (χ0v) is 16.2. The van der Waals surface area contributed by atoms with Gasteiger partial charge in [0, 0.05) is 25.1 Å². The second-order valence-corrected chi connectivity index (χ2v) is 7.55. The van der Waals surface area contributed by atoms with Crippen LogP contribution in [0.1, 0.15) is 31.2 Å². The molecule has 5 nitrogen and oxygen atoms in total. The average Bonchev–Trinajstić information content (AvgIpc) is 2.65. The number of carbonyl (C=O) groups is 2. The average molecular weight is 390 g/mol. The number of thioether (sulfide) groups is 1. The van der Waals surface area contributed by atoms with Crippen molar-refractivity contribution in [2.75, 3.05) is 12.3 Å². The fraction of sp³-hybridized carbons (Fsp3) is 0.429. The molecule has 1 fully saturated rings. The summed E-state index contributed by atoms with van der Waals surface area (Å²) in [6.45, 7) is 0.503. The normalized spacial score (nSPS) is 19.1. The van der Waals surface area contributed by atoms with Crippen molar-refractivity contribution in [3.63, 3.8) is 0 Å². The first-order chi connectivity index (χ1) is 13.1. The summed E-state index contributed by atoms with van der Waals surface area (Å²) in [5.41, 5.74) is 1.08. The Kier molecular flexibility index (Phi) is 9.15. The first-order valence-electron chi connectivity index (χ1n) is 9.24. The van der Waals surface area contributed by atoms with Gasteiger partial charge < -0.3 is 15.1 Å². The zero-order valence-electron chi connectivity index (χ0n) is 15.4. The van der Waals surface area contributed by atoms with Crippen molar-refractivity contribution in [1.82, 2.24) is 4.90 Å². The Labute approximate surface area is 164 Å². The fourth-order valence-corrected chi connectivity index (χ4v) is 3.65. The molecule has 0 radical (unpaired) electrons. The molecule has 0 spiro atoms. The van der Waals surface area contributed by atoms with Gasteiger partial charge in [-0.15, -0.1) is 11.8 Å². The Morgan fingerprint density at radius 1 is 1.33 bits per heavy atom. The monoisotopic (exact) mass is 389 g/mol. The molecule has 1 heterocycles. The maximum absolute atomic E-state index is 12.3. The standard InChI is InChI=1S/C21H27NO4S/c23-19(16-17-6-2-1-3-7-17)11-10-18-8-4-9-20(24)22(18)13-5-14-27-15-12-21(25)26/h1-3,5-7,10-11,14,18-19,23H,4,8-9,12-13,15-16H2,(H,25,26)/b11-10+,14-5-/t18-,19?/m1/s1. The highest BCUT2D eigenvalue weighted by Crippen LogP contribution is 2.20. The molecule has 0 saturated carbocycles. The van der Waals surface area contributed by atoms with Crippen LogP contribution in [0.2, 0.25) is 0 Å². The van der Waals surface area contributed by atoms with Crippen molar-refractivity contribution < 1.29 is 19.8 Å². The predicted molar refractivity (Wildman–Crippen MR) is 108 cm³/mol. The molecule has 2 N–H and O–H groups in total. The second-order valence-electron chi connectivity index (χ2n) is 6.53. The lowest BCUT2D eigenvalue weighted by atomic mass is 9.99. The molecule has 2 atom stereocenters. The summed E-state index contributed by atoms with van der Waals surface area (Å²) in [6, 6.07) is 9.82. The lowest BCUT2D eigenvalue weighted by Crippen LogP contribution is -2.42. The summed E-state index contributed by atoms with van der Waals surface area (Å²) in [5.74, 6) is -0.163. The Balaban J connectivity index is 1.85. The molecule has 1 unspecified atom stereocenters. The van der Waals surface area contributed by atoms with E-state index in [1.54, 1.807) is 6.08 Å². The van der Waals surface area contributed by atoms with Gasteiger partial charge in [-0.05, 0) is 23.8 Å². The van der Waals surface area contributed by atoms with Crippen molar-refractivity contribution in [2.45, 2.75) is 44.2 Å². The SMILES string of the molecule is O=C(O)CCS/C=C\CN1C(=O)CCC[C@@H]1/C=C/C(O)Cc1ccccc1. The molecule has 146 valence electrons. The predicted octanol–water partition coefficient (Wildman–Crippen LogP) is 3.25. The van der Waals surface area contributed by atoms with E-state index in [0.717, 1.165) is 18.4 Å². The molecule has 1 aliphatic rings. The highest BCUT2D eigenvalue weighted by Gasteiger charge is 2.25. The molecule has 1 saturated heterocycles. The highest BCUT2D eigenvalue weighted by molar-refractivity contribution is 8.02. The molecule has 1 amide bonds. The lowest BCUT2D eigenvalue weighted by molar-refractivity contribution is -0.136. The van der Waals surface area contributed by atoms with Gasteiger partial charge in [0.25, 0.3) is 0 Å². The maximum Gasteiger partial charge on any atom is 0.304 e. The van der Waals surface area contributed by atoms with Crippen molar-refractivity contribution in [3.05, 3.63) is 59.5 Å². The van der Waals surface area contributed by atoms with Gasteiger partial charge in [0.05, 0.1) is 18.6 Å². The third-order valence-electron chi connectivity index (χ3n) is 4.38. The number of hydrogen-bond acceptors (Lipinski definition) is 4. The molecule has 1 aliphatic heterocycles. The number of rotatable bonds is 10. The number of aliphatic hydroxyl groups is 1. The van der Waals surface area contributed by atoms with Crippen LogP contribution in [0.4, 0.5) is 0 Å². The zero-order chi connectivity index (χ0) is 19.5. The molecular formula is C21H27NO4S. The minimum absolute atomic E-state index is 0.00894. The van der Waals surface area contributed by atoms with Crippen LogP contribution in [0.3, 0.4) is 0 Å². The van der Waals surface area contributed by atoms with Gasteiger partial charge >= 0.3 is 5.97 Å². The number of piperidine rings is 1. The summed E-state index contributed by atoms with van der Waals surface area (Å²) < 4.78 is 0. The molecule has 0 aromatic heterocycles. The molecule has 2 rings (SSSR count). The molecule has 1 aromatic carbocycles. The van der Waals surface area contributed by atoms with Gasteiger partial charge in [-0.2, -0.15) is 0 Å². The summed E-state index contributed by atoms with van der Waals surface area (Å²) in [6.07, 6.45) is 8.03. The first-order valence-corrected chi connectivity index (χ1v) is 10.3. The van der Waals surface area contributed by atoms with Crippen LogP contribution in [0, 0.1) is 0 Å². The van der Waals surface area contributed by atoms with E-state index in [-0.39, 0.29) is 18.4 Å². The van der Waals surface area contributed by atoms with Gasteiger partial charge in [-0.25, -0.2) is 0 Å². The number of carboxylic acid groups (broad SMARTS) is 1. The van der Waals surface area contributed by atoms with Crippen LogP contribution < -0.4 is 0 Å². The third kappa shape index (κ3) is 8.01. The number of aliphatic hydroxyl groups excluding tert-OH is 1. The van der Waals surface area contributed by atoms with Crippen molar-refractivity contribution in [2.24, 2.45) is 0 Å². The topological polar surface area (TPSA) is 77.8 Å². The van der Waals surface area contributed by atoms with E-state index in [0.29, 0.717) is 25.1 Å². The molecule has 0 bridgehead atoms. The van der Waals surface area contributed by atoms with E-state index in [1.807, 2.05) is 52.8 Å². The highest BCUT2D eigenvalue weighted by atomic mass is 32.2. The Hall–Kier alpha value is -2.05. The Bertz CT molecular complexity index is 659.